The fourth-order valence-electron chi connectivity index (χ4n) is 5.45. The van der Waals surface area contributed by atoms with Crippen molar-refractivity contribution in [3.05, 3.63) is 116 Å². The summed E-state index contributed by atoms with van der Waals surface area (Å²) in [6.07, 6.45) is 3.96. The molecule has 0 saturated heterocycles. The minimum absolute atomic E-state index is 1.01. The van der Waals surface area contributed by atoms with Gasteiger partial charge in [0.2, 0.25) is 0 Å². The Hall–Kier alpha value is -4.41. The van der Waals surface area contributed by atoms with Gasteiger partial charge in [-0.2, -0.15) is 0 Å². The first-order chi connectivity index (χ1) is 17.4. The largest absolute Gasteiger partial charge is 0.309 e. The summed E-state index contributed by atoms with van der Waals surface area (Å²) in [5.74, 6) is 0. The van der Waals surface area contributed by atoms with Crippen LogP contribution in [0, 0.1) is 0 Å². The number of benzene rings is 4. The molecule has 0 aliphatic carbocycles. The van der Waals surface area contributed by atoms with Gasteiger partial charge < -0.3 is 4.57 Å². The molecular weight excluding hydrogens is 446 g/mol. The van der Waals surface area contributed by atoms with Crippen LogP contribution >= 0.6 is 11.3 Å². The molecule has 0 radical (unpaired) electrons. The highest BCUT2D eigenvalue weighted by molar-refractivity contribution is 7.23. The number of aromatic nitrogens is 3. The van der Waals surface area contributed by atoms with Gasteiger partial charge >= 0.3 is 0 Å². The molecule has 0 fully saturated rings. The highest BCUT2D eigenvalue weighted by Gasteiger charge is 2.16. The number of imidazole rings is 1. The van der Waals surface area contributed by atoms with Gasteiger partial charge in [0.25, 0.3) is 0 Å². The summed E-state index contributed by atoms with van der Waals surface area (Å²) in [5, 5.41) is 5.01. The molecule has 4 aromatic heterocycles. The first kappa shape index (κ1) is 19.0. The van der Waals surface area contributed by atoms with Crippen molar-refractivity contribution in [2.24, 2.45) is 0 Å². The number of hydrogen-bond acceptors (Lipinski definition) is 2. The van der Waals surface area contributed by atoms with Gasteiger partial charge in [-0.1, -0.05) is 66.7 Å². The van der Waals surface area contributed by atoms with E-state index in [1.165, 1.54) is 58.9 Å². The Balaban J connectivity index is 1.42. The second kappa shape index (κ2) is 7.05. The van der Waals surface area contributed by atoms with Crippen molar-refractivity contribution in [3.8, 4) is 16.1 Å². The maximum Gasteiger partial charge on any atom is 0.145 e. The second-order valence-electron chi connectivity index (χ2n) is 8.91. The lowest BCUT2D eigenvalue weighted by Gasteiger charge is -2.07. The molecule has 8 aromatic rings. The monoisotopic (exact) mass is 465 g/mol. The van der Waals surface area contributed by atoms with Gasteiger partial charge in [0.15, 0.2) is 0 Å². The van der Waals surface area contributed by atoms with Crippen LogP contribution in [0.3, 0.4) is 0 Å². The van der Waals surface area contributed by atoms with Crippen LogP contribution < -0.4 is 0 Å². The van der Waals surface area contributed by atoms with E-state index >= 15 is 0 Å². The van der Waals surface area contributed by atoms with Crippen molar-refractivity contribution in [1.29, 1.82) is 0 Å². The molecule has 0 atom stereocenters. The first-order valence-corrected chi connectivity index (χ1v) is 12.5. The Bertz CT molecular complexity index is 2060. The Morgan fingerprint density at radius 2 is 1.34 bits per heavy atom. The summed E-state index contributed by atoms with van der Waals surface area (Å²) in [6.45, 7) is 0. The summed E-state index contributed by atoms with van der Waals surface area (Å²) in [5.41, 5.74) is 7.11. The fraction of sp³-hybridized carbons (Fsp3) is 0. The highest BCUT2D eigenvalue weighted by Crippen LogP contribution is 2.41. The summed E-state index contributed by atoms with van der Waals surface area (Å²) in [7, 11) is 0. The molecule has 0 bridgehead atoms. The summed E-state index contributed by atoms with van der Waals surface area (Å²) in [4.78, 5) is 5.92. The highest BCUT2D eigenvalue weighted by atomic mass is 32.1. The molecule has 4 aromatic carbocycles. The maximum absolute atomic E-state index is 4.65. The molecule has 4 heteroatoms. The minimum atomic E-state index is 1.01. The molecule has 0 spiro atoms. The van der Waals surface area contributed by atoms with E-state index in [4.69, 9.17) is 0 Å². The maximum atomic E-state index is 4.65. The standard InChI is InChI=1S/C31H19N3S/c1-2-8-21(9-3-1)34-26-13-7-6-10-22(26)25-18-20(14-15-27(25)34)29-19-28-30(35-29)23-11-4-5-12-24(23)31-32-16-17-33(28)31/h1-19H. The Labute approximate surface area is 205 Å². The van der Waals surface area contributed by atoms with Crippen LogP contribution in [0.1, 0.15) is 0 Å². The van der Waals surface area contributed by atoms with E-state index in [9.17, 15) is 0 Å². The average Bonchev–Trinajstić information content (AvgIpc) is 3.65. The normalized spacial score (nSPS) is 12.0. The van der Waals surface area contributed by atoms with Crippen molar-refractivity contribution in [2.45, 2.75) is 0 Å². The van der Waals surface area contributed by atoms with Crippen molar-refractivity contribution in [2.75, 3.05) is 0 Å². The smallest absolute Gasteiger partial charge is 0.145 e. The van der Waals surface area contributed by atoms with E-state index in [-0.39, 0.29) is 0 Å². The van der Waals surface area contributed by atoms with Gasteiger partial charge in [0, 0.05) is 44.5 Å². The topological polar surface area (TPSA) is 22.2 Å². The number of para-hydroxylation sites is 2. The molecule has 164 valence electrons. The molecule has 0 aliphatic heterocycles. The number of fused-ring (bicyclic) bond motifs is 9. The number of thiophene rings is 1. The van der Waals surface area contributed by atoms with Crippen LogP contribution in [0.25, 0.3) is 64.6 Å². The average molecular weight is 466 g/mol. The lowest BCUT2D eigenvalue weighted by atomic mass is 10.1. The van der Waals surface area contributed by atoms with Gasteiger partial charge in [-0.15, -0.1) is 11.3 Å². The van der Waals surface area contributed by atoms with E-state index in [1.807, 2.05) is 17.5 Å². The van der Waals surface area contributed by atoms with Gasteiger partial charge in [0.1, 0.15) is 5.65 Å². The summed E-state index contributed by atoms with van der Waals surface area (Å²) >= 11 is 1.86. The molecule has 35 heavy (non-hydrogen) atoms. The van der Waals surface area contributed by atoms with Crippen LogP contribution in [0.15, 0.2) is 116 Å². The zero-order valence-electron chi connectivity index (χ0n) is 18.7. The van der Waals surface area contributed by atoms with Crippen LogP contribution in [0.4, 0.5) is 0 Å². The van der Waals surface area contributed by atoms with Crippen LogP contribution in [-0.2, 0) is 0 Å². The van der Waals surface area contributed by atoms with E-state index < -0.39 is 0 Å². The van der Waals surface area contributed by atoms with Gasteiger partial charge in [0.05, 0.1) is 21.3 Å². The lowest BCUT2D eigenvalue weighted by molar-refractivity contribution is 1.18. The van der Waals surface area contributed by atoms with Crippen LogP contribution in [0.5, 0.6) is 0 Å². The third-order valence-corrected chi connectivity index (χ3v) is 8.20. The molecule has 0 unspecified atom stereocenters. The quantitative estimate of drug-likeness (QED) is 0.251. The molecule has 0 amide bonds. The predicted octanol–water partition coefficient (Wildman–Crippen LogP) is 8.47. The van der Waals surface area contributed by atoms with Crippen LogP contribution in [-0.4, -0.2) is 14.0 Å². The number of pyridine rings is 1. The molecule has 0 saturated carbocycles. The number of rotatable bonds is 2. The fourth-order valence-corrected chi connectivity index (χ4v) is 6.64. The van der Waals surface area contributed by atoms with Crippen molar-refractivity contribution in [1.82, 2.24) is 14.0 Å². The summed E-state index contributed by atoms with van der Waals surface area (Å²) in [6, 6.07) is 37.1. The van der Waals surface area contributed by atoms with Crippen LogP contribution in [0.2, 0.25) is 0 Å². The van der Waals surface area contributed by atoms with Crippen molar-refractivity contribution >= 4 is 59.8 Å². The molecular formula is C31H19N3S. The van der Waals surface area contributed by atoms with Crippen molar-refractivity contribution in [3.63, 3.8) is 0 Å². The predicted molar refractivity (Wildman–Crippen MR) is 148 cm³/mol. The Morgan fingerprint density at radius 3 is 2.23 bits per heavy atom. The lowest BCUT2D eigenvalue weighted by Crippen LogP contribution is -1.92. The van der Waals surface area contributed by atoms with Gasteiger partial charge in [-0.25, -0.2) is 4.98 Å². The molecule has 8 rings (SSSR count). The molecule has 4 heterocycles. The molecule has 0 aliphatic rings. The Kier molecular flexibility index (Phi) is 3.82. The first-order valence-electron chi connectivity index (χ1n) is 11.7. The van der Waals surface area contributed by atoms with Crippen molar-refractivity contribution < 1.29 is 0 Å². The number of nitrogens with zero attached hydrogens (tertiary/aromatic N) is 3. The van der Waals surface area contributed by atoms with Gasteiger partial charge in [-0.3, -0.25) is 4.40 Å². The molecule has 0 N–H and O–H groups in total. The summed E-state index contributed by atoms with van der Waals surface area (Å²) < 4.78 is 5.88. The van der Waals surface area contributed by atoms with E-state index in [2.05, 4.69) is 123 Å². The molecule has 3 nitrogen and oxygen atoms in total. The third kappa shape index (κ3) is 2.63. The van der Waals surface area contributed by atoms with E-state index in [0.29, 0.717) is 0 Å². The Morgan fingerprint density at radius 1 is 0.600 bits per heavy atom. The van der Waals surface area contributed by atoms with E-state index in [0.717, 1.165) is 5.65 Å². The van der Waals surface area contributed by atoms with Gasteiger partial charge in [-0.05, 0) is 42.0 Å². The van der Waals surface area contributed by atoms with E-state index in [1.54, 1.807) is 0 Å². The second-order valence-corrected chi connectivity index (χ2v) is 9.96. The minimum Gasteiger partial charge on any atom is -0.309 e. The zero-order chi connectivity index (χ0) is 22.9. The zero-order valence-corrected chi connectivity index (χ0v) is 19.5. The number of hydrogen-bond donors (Lipinski definition) is 0. The third-order valence-electron chi connectivity index (χ3n) is 7.00. The SMILES string of the molecule is c1ccc(-n2c3ccccc3c3cc(-c4cc5c(s4)c4ccccc4c4nccn54)ccc32)cc1.